The third-order valence-corrected chi connectivity index (χ3v) is 6.09. The number of nitrogens with one attached hydrogen (secondary N) is 2. The number of piperazine rings is 1. The van der Waals surface area contributed by atoms with Crippen LogP contribution in [0.1, 0.15) is 36.1 Å². The molecule has 0 aromatic heterocycles. The highest BCUT2D eigenvalue weighted by atomic mass is 16.5. The van der Waals surface area contributed by atoms with E-state index in [0.29, 0.717) is 6.61 Å². The van der Waals surface area contributed by atoms with Crippen molar-refractivity contribution in [1.82, 2.24) is 15.8 Å². The van der Waals surface area contributed by atoms with Crippen molar-refractivity contribution >= 4 is 11.6 Å². The lowest BCUT2D eigenvalue weighted by atomic mass is 10.0. The van der Waals surface area contributed by atoms with E-state index in [4.69, 9.17) is 4.74 Å². The van der Waals surface area contributed by atoms with Gasteiger partial charge >= 0.3 is 0 Å². The normalized spacial score (nSPS) is 21.7. The second-order valence-corrected chi connectivity index (χ2v) is 8.23. The van der Waals surface area contributed by atoms with Crippen molar-refractivity contribution in [3.8, 4) is 5.75 Å². The molecule has 2 N–H and O–H groups in total. The third-order valence-electron chi connectivity index (χ3n) is 6.09. The zero-order chi connectivity index (χ0) is 21.1. The van der Waals surface area contributed by atoms with Crippen LogP contribution in [-0.4, -0.2) is 49.6 Å². The van der Waals surface area contributed by atoms with Crippen LogP contribution in [-0.2, 0) is 4.79 Å². The number of amides is 1. The molecule has 160 valence electrons. The Morgan fingerprint density at radius 1 is 1.03 bits per heavy atom. The van der Waals surface area contributed by atoms with E-state index < -0.39 is 0 Å². The number of hydrogen-bond acceptors (Lipinski definition) is 5. The summed E-state index contributed by atoms with van der Waals surface area (Å²) in [5.41, 5.74) is 11.5. The van der Waals surface area contributed by atoms with Gasteiger partial charge < -0.3 is 14.5 Å². The van der Waals surface area contributed by atoms with E-state index in [0.717, 1.165) is 38.3 Å². The molecule has 4 rings (SSSR count). The number of rotatable bonds is 5. The number of benzene rings is 2. The SMILES string of the molecule is CCOc1ccc(C2CC(C(=O)N3CCN(c4cc(C)ccc4C)CC3)NN2)cc1. The van der Waals surface area contributed by atoms with Crippen molar-refractivity contribution in [1.29, 1.82) is 0 Å². The average molecular weight is 409 g/mol. The maximum Gasteiger partial charge on any atom is 0.241 e. The molecule has 6 nitrogen and oxygen atoms in total. The van der Waals surface area contributed by atoms with E-state index in [9.17, 15) is 4.79 Å². The minimum atomic E-state index is -0.186. The zero-order valence-corrected chi connectivity index (χ0v) is 18.1. The van der Waals surface area contributed by atoms with Gasteiger partial charge in [0.1, 0.15) is 11.8 Å². The molecule has 6 heteroatoms. The van der Waals surface area contributed by atoms with Gasteiger partial charge in [-0.2, -0.15) is 0 Å². The van der Waals surface area contributed by atoms with Crippen molar-refractivity contribution in [3.05, 3.63) is 59.2 Å². The Balaban J connectivity index is 1.32. The van der Waals surface area contributed by atoms with Gasteiger partial charge in [-0.1, -0.05) is 24.3 Å². The highest BCUT2D eigenvalue weighted by Gasteiger charge is 2.34. The summed E-state index contributed by atoms with van der Waals surface area (Å²) >= 11 is 0. The van der Waals surface area contributed by atoms with E-state index >= 15 is 0 Å². The first-order chi connectivity index (χ1) is 14.5. The van der Waals surface area contributed by atoms with Gasteiger partial charge in [0.15, 0.2) is 0 Å². The number of anilines is 1. The van der Waals surface area contributed by atoms with Gasteiger partial charge in [0.2, 0.25) is 5.91 Å². The smallest absolute Gasteiger partial charge is 0.241 e. The maximum atomic E-state index is 13.1. The highest BCUT2D eigenvalue weighted by molar-refractivity contribution is 5.82. The second-order valence-electron chi connectivity index (χ2n) is 8.23. The molecule has 2 atom stereocenters. The summed E-state index contributed by atoms with van der Waals surface area (Å²) in [6.07, 6.45) is 0.754. The zero-order valence-electron chi connectivity index (χ0n) is 18.1. The molecular formula is C24H32N4O2. The lowest BCUT2D eigenvalue weighted by molar-refractivity contribution is -0.133. The third kappa shape index (κ3) is 4.45. The van der Waals surface area contributed by atoms with Crippen LogP contribution in [0.15, 0.2) is 42.5 Å². The Morgan fingerprint density at radius 3 is 2.47 bits per heavy atom. The molecular weight excluding hydrogens is 376 g/mol. The van der Waals surface area contributed by atoms with Crippen LogP contribution in [0.25, 0.3) is 0 Å². The Bertz CT molecular complexity index is 875. The van der Waals surface area contributed by atoms with Gasteiger partial charge in [-0.3, -0.25) is 4.79 Å². The molecule has 2 unspecified atom stereocenters. The summed E-state index contributed by atoms with van der Waals surface area (Å²) in [7, 11) is 0. The van der Waals surface area contributed by atoms with E-state index in [1.807, 2.05) is 24.0 Å². The molecule has 0 radical (unpaired) electrons. The molecule has 2 saturated heterocycles. The minimum absolute atomic E-state index is 0.130. The predicted molar refractivity (Wildman–Crippen MR) is 120 cm³/mol. The van der Waals surface area contributed by atoms with Crippen LogP contribution in [0.3, 0.4) is 0 Å². The van der Waals surface area contributed by atoms with Crippen LogP contribution < -0.4 is 20.5 Å². The van der Waals surface area contributed by atoms with Crippen LogP contribution in [0.4, 0.5) is 5.69 Å². The number of carbonyl (C=O) groups is 1. The molecule has 30 heavy (non-hydrogen) atoms. The van der Waals surface area contributed by atoms with Gasteiger partial charge in [0, 0.05) is 37.9 Å². The van der Waals surface area contributed by atoms with Crippen LogP contribution in [0.2, 0.25) is 0 Å². The van der Waals surface area contributed by atoms with Crippen molar-refractivity contribution in [3.63, 3.8) is 0 Å². The van der Waals surface area contributed by atoms with Gasteiger partial charge in [-0.15, -0.1) is 0 Å². The quantitative estimate of drug-likeness (QED) is 0.797. The van der Waals surface area contributed by atoms with Crippen LogP contribution >= 0.6 is 0 Å². The molecule has 2 aromatic carbocycles. The molecule has 0 spiro atoms. The minimum Gasteiger partial charge on any atom is -0.494 e. The van der Waals surface area contributed by atoms with Gasteiger partial charge in [0.25, 0.3) is 0 Å². The molecule has 0 aliphatic carbocycles. The fourth-order valence-corrected chi connectivity index (χ4v) is 4.35. The second kappa shape index (κ2) is 9.06. The molecule has 2 aliphatic heterocycles. The van der Waals surface area contributed by atoms with Crippen LogP contribution in [0.5, 0.6) is 5.75 Å². The highest BCUT2D eigenvalue weighted by Crippen LogP contribution is 2.26. The first kappa shape index (κ1) is 20.7. The largest absolute Gasteiger partial charge is 0.494 e. The summed E-state index contributed by atoms with van der Waals surface area (Å²) in [6.45, 7) is 10.2. The van der Waals surface area contributed by atoms with Gasteiger partial charge in [-0.05, 0) is 62.1 Å². The lowest BCUT2D eigenvalue weighted by Gasteiger charge is -2.37. The first-order valence-electron chi connectivity index (χ1n) is 10.9. The lowest BCUT2D eigenvalue weighted by Crippen LogP contribution is -2.53. The van der Waals surface area contributed by atoms with Crippen molar-refractivity contribution < 1.29 is 9.53 Å². The monoisotopic (exact) mass is 408 g/mol. The Hall–Kier alpha value is -2.57. The van der Waals surface area contributed by atoms with E-state index in [2.05, 4.69) is 59.9 Å². The fraction of sp³-hybridized carbons (Fsp3) is 0.458. The van der Waals surface area contributed by atoms with Crippen molar-refractivity contribution in [2.45, 2.75) is 39.3 Å². The average Bonchev–Trinajstić information content (AvgIpc) is 3.26. The molecule has 1 amide bonds. The summed E-state index contributed by atoms with van der Waals surface area (Å²) in [6, 6.07) is 14.6. The number of aryl methyl sites for hydroxylation is 2. The van der Waals surface area contributed by atoms with Crippen molar-refractivity contribution in [2.24, 2.45) is 0 Å². The predicted octanol–water partition coefficient (Wildman–Crippen LogP) is 2.96. The van der Waals surface area contributed by atoms with Gasteiger partial charge in [-0.25, -0.2) is 10.9 Å². The molecule has 0 bridgehead atoms. The number of nitrogens with zero attached hydrogens (tertiary/aromatic N) is 2. The van der Waals surface area contributed by atoms with Gasteiger partial charge in [0.05, 0.1) is 6.61 Å². The number of ether oxygens (including phenoxy) is 1. The Kier molecular flexibility index (Phi) is 6.25. The first-order valence-corrected chi connectivity index (χ1v) is 10.9. The molecule has 0 saturated carbocycles. The van der Waals surface area contributed by atoms with E-state index in [1.54, 1.807) is 0 Å². The summed E-state index contributed by atoms with van der Waals surface area (Å²) < 4.78 is 5.52. The standard InChI is InChI=1S/C24H32N4O2/c1-4-30-20-9-7-19(8-10-20)21-16-22(26-25-21)24(29)28-13-11-27(12-14-28)23-15-17(2)5-6-18(23)3/h5-10,15,21-22,25-26H,4,11-14,16H2,1-3H3. The summed E-state index contributed by atoms with van der Waals surface area (Å²) in [4.78, 5) is 17.5. The number of carbonyl (C=O) groups excluding carboxylic acids is 1. The van der Waals surface area contributed by atoms with Crippen LogP contribution in [0, 0.1) is 13.8 Å². The van der Waals surface area contributed by atoms with E-state index in [-0.39, 0.29) is 18.0 Å². The molecule has 2 fully saturated rings. The van der Waals surface area contributed by atoms with E-state index in [1.165, 1.54) is 22.4 Å². The Labute approximate surface area is 179 Å². The Morgan fingerprint density at radius 2 is 1.77 bits per heavy atom. The molecule has 2 aromatic rings. The summed E-state index contributed by atoms with van der Waals surface area (Å²) in [5.74, 6) is 1.07. The molecule has 2 heterocycles. The number of hydrogen-bond donors (Lipinski definition) is 2. The fourth-order valence-electron chi connectivity index (χ4n) is 4.35. The van der Waals surface area contributed by atoms with Crippen molar-refractivity contribution in [2.75, 3.05) is 37.7 Å². The topological polar surface area (TPSA) is 56.8 Å². The molecule has 2 aliphatic rings. The summed E-state index contributed by atoms with van der Waals surface area (Å²) in [5, 5.41) is 0. The number of hydrazine groups is 1. The maximum absolute atomic E-state index is 13.1.